The third-order valence-electron chi connectivity index (χ3n) is 2.28. The lowest BCUT2D eigenvalue weighted by atomic mass is 10.1. The van der Waals surface area contributed by atoms with Crippen molar-refractivity contribution in [3.63, 3.8) is 0 Å². The quantitative estimate of drug-likeness (QED) is 0.579. The van der Waals surface area contributed by atoms with Gasteiger partial charge in [-0.05, 0) is 18.9 Å². The molecule has 0 radical (unpaired) electrons. The summed E-state index contributed by atoms with van der Waals surface area (Å²) >= 11 is 0. The summed E-state index contributed by atoms with van der Waals surface area (Å²) < 4.78 is 5.66. The third kappa shape index (κ3) is 2.21. The molecule has 0 aromatic heterocycles. The van der Waals surface area contributed by atoms with Crippen molar-refractivity contribution in [2.24, 2.45) is 4.99 Å². The lowest BCUT2D eigenvalue weighted by Crippen LogP contribution is -2.04. The summed E-state index contributed by atoms with van der Waals surface area (Å²) in [6.07, 6.45) is 4.21. The Balaban J connectivity index is 2.34. The minimum Gasteiger partial charge on any atom is -0.488 e. The van der Waals surface area contributed by atoms with E-state index < -0.39 is 0 Å². The van der Waals surface area contributed by atoms with Crippen molar-refractivity contribution in [1.82, 2.24) is 0 Å². The largest absolute Gasteiger partial charge is 0.488 e. The van der Waals surface area contributed by atoms with Gasteiger partial charge in [-0.3, -0.25) is 4.99 Å². The van der Waals surface area contributed by atoms with Crippen molar-refractivity contribution in [2.45, 2.75) is 18.9 Å². The highest BCUT2D eigenvalue weighted by Gasteiger charge is 2.24. The van der Waals surface area contributed by atoms with Crippen molar-refractivity contribution in [2.75, 3.05) is 18.5 Å². The maximum atomic E-state index is 5.94. The molecule has 0 bridgehead atoms. The molecule has 1 aromatic carbocycles. The minimum absolute atomic E-state index is 0.320. The number of ether oxygens (including phenoxy) is 1. The fourth-order valence-electron chi connectivity index (χ4n) is 1.38. The zero-order valence-corrected chi connectivity index (χ0v) is 8.73. The first kappa shape index (κ1) is 9.83. The summed E-state index contributed by atoms with van der Waals surface area (Å²) in [6.45, 7) is 0. The van der Waals surface area contributed by atoms with Gasteiger partial charge in [-0.25, -0.2) is 0 Å². The van der Waals surface area contributed by atoms with Gasteiger partial charge in [-0.1, -0.05) is 0 Å². The SMILES string of the molecule is CN=Cc1cc(N)cc(OC2CC2)c1N. The molecule has 1 aliphatic carbocycles. The van der Waals surface area contributed by atoms with E-state index in [9.17, 15) is 0 Å². The Hall–Kier alpha value is -1.71. The van der Waals surface area contributed by atoms with E-state index in [2.05, 4.69) is 4.99 Å². The average molecular weight is 205 g/mol. The second-order valence-corrected chi connectivity index (χ2v) is 3.73. The van der Waals surface area contributed by atoms with Gasteiger partial charge in [-0.15, -0.1) is 0 Å². The Kier molecular flexibility index (Phi) is 2.49. The molecule has 4 N–H and O–H groups in total. The molecule has 4 heteroatoms. The number of nitrogens with zero attached hydrogens (tertiary/aromatic N) is 1. The molecule has 0 spiro atoms. The number of hydrogen-bond donors (Lipinski definition) is 2. The molecule has 0 heterocycles. The summed E-state index contributed by atoms with van der Waals surface area (Å²) in [5.41, 5.74) is 13.8. The lowest BCUT2D eigenvalue weighted by molar-refractivity contribution is 0.305. The Morgan fingerprint density at radius 2 is 2.13 bits per heavy atom. The van der Waals surface area contributed by atoms with Crippen LogP contribution in [-0.4, -0.2) is 19.4 Å². The highest BCUT2D eigenvalue weighted by molar-refractivity contribution is 5.90. The lowest BCUT2D eigenvalue weighted by Gasteiger charge is -2.10. The molecule has 0 unspecified atom stereocenters. The van der Waals surface area contributed by atoms with Crippen LogP contribution in [0.5, 0.6) is 5.75 Å². The highest BCUT2D eigenvalue weighted by Crippen LogP contribution is 2.33. The number of aliphatic imine (C=N–C) groups is 1. The molecular weight excluding hydrogens is 190 g/mol. The number of hydrogen-bond acceptors (Lipinski definition) is 4. The zero-order chi connectivity index (χ0) is 10.8. The van der Waals surface area contributed by atoms with Gasteiger partial charge in [0.05, 0.1) is 11.8 Å². The van der Waals surface area contributed by atoms with Crippen LogP contribution >= 0.6 is 0 Å². The molecule has 0 atom stereocenters. The molecule has 1 aliphatic rings. The standard InChI is InChI=1S/C11H15N3O/c1-14-6-7-4-8(12)5-10(11(7)13)15-9-2-3-9/h4-6,9H,2-3,12-13H2,1H3. The number of rotatable bonds is 3. The first-order valence-electron chi connectivity index (χ1n) is 4.98. The molecule has 1 aromatic rings. The third-order valence-corrected chi connectivity index (χ3v) is 2.28. The van der Waals surface area contributed by atoms with Gasteiger partial charge in [0, 0.05) is 30.6 Å². The summed E-state index contributed by atoms with van der Waals surface area (Å²) in [4.78, 5) is 3.93. The van der Waals surface area contributed by atoms with Gasteiger partial charge in [-0.2, -0.15) is 0 Å². The van der Waals surface area contributed by atoms with Gasteiger partial charge in [0.15, 0.2) is 0 Å². The van der Waals surface area contributed by atoms with Gasteiger partial charge >= 0.3 is 0 Å². The first-order chi connectivity index (χ1) is 7.20. The Labute approximate surface area is 88.9 Å². The van der Waals surface area contributed by atoms with E-state index in [1.807, 2.05) is 0 Å². The molecule has 80 valence electrons. The first-order valence-corrected chi connectivity index (χ1v) is 4.98. The van der Waals surface area contributed by atoms with E-state index in [0.717, 1.165) is 18.4 Å². The molecule has 15 heavy (non-hydrogen) atoms. The minimum atomic E-state index is 0.320. The normalized spacial score (nSPS) is 15.8. The number of benzene rings is 1. The monoisotopic (exact) mass is 205 g/mol. The highest BCUT2D eigenvalue weighted by atomic mass is 16.5. The second-order valence-electron chi connectivity index (χ2n) is 3.73. The zero-order valence-electron chi connectivity index (χ0n) is 8.73. The number of nitrogens with two attached hydrogens (primary N) is 2. The van der Waals surface area contributed by atoms with Crippen molar-refractivity contribution >= 4 is 17.6 Å². The fraction of sp³-hybridized carbons (Fsp3) is 0.364. The maximum absolute atomic E-state index is 5.94. The molecule has 0 saturated heterocycles. The molecule has 0 amide bonds. The van der Waals surface area contributed by atoms with Crippen LogP contribution in [0.1, 0.15) is 18.4 Å². The Morgan fingerprint density at radius 3 is 2.73 bits per heavy atom. The van der Waals surface area contributed by atoms with Crippen LogP contribution in [0.4, 0.5) is 11.4 Å². The van der Waals surface area contributed by atoms with Crippen LogP contribution in [0, 0.1) is 0 Å². The topological polar surface area (TPSA) is 73.6 Å². The van der Waals surface area contributed by atoms with Gasteiger partial charge in [0.1, 0.15) is 5.75 Å². The van der Waals surface area contributed by atoms with Gasteiger partial charge < -0.3 is 16.2 Å². The molecule has 1 saturated carbocycles. The van der Waals surface area contributed by atoms with Gasteiger partial charge in [0.25, 0.3) is 0 Å². The van der Waals surface area contributed by atoms with Crippen molar-refractivity contribution in [3.8, 4) is 5.75 Å². The van der Waals surface area contributed by atoms with Crippen molar-refractivity contribution < 1.29 is 4.74 Å². The van der Waals surface area contributed by atoms with E-state index in [-0.39, 0.29) is 0 Å². The molecule has 2 rings (SSSR count). The van der Waals surface area contributed by atoms with Crippen LogP contribution in [-0.2, 0) is 0 Å². The predicted octanol–water partition coefficient (Wildman–Crippen LogP) is 1.44. The summed E-state index contributed by atoms with van der Waals surface area (Å²) in [6, 6.07) is 3.56. The van der Waals surface area contributed by atoms with Crippen LogP contribution in [0.3, 0.4) is 0 Å². The summed E-state index contributed by atoms with van der Waals surface area (Å²) in [5, 5.41) is 0. The fourth-order valence-corrected chi connectivity index (χ4v) is 1.38. The van der Waals surface area contributed by atoms with E-state index in [1.165, 1.54) is 0 Å². The van der Waals surface area contributed by atoms with E-state index >= 15 is 0 Å². The maximum Gasteiger partial charge on any atom is 0.145 e. The molecular formula is C11H15N3O. The number of nitrogen functional groups attached to an aromatic ring is 2. The molecule has 0 aliphatic heterocycles. The van der Waals surface area contributed by atoms with Crippen LogP contribution in [0.15, 0.2) is 17.1 Å². The van der Waals surface area contributed by atoms with Crippen molar-refractivity contribution in [1.29, 1.82) is 0 Å². The predicted molar refractivity (Wildman–Crippen MR) is 62.4 cm³/mol. The second kappa shape index (κ2) is 3.81. The Morgan fingerprint density at radius 1 is 1.40 bits per heavy atom. The van der Waals surface area contributed by atoms with Crippen molar-refractivity contribution in [3.05, 3.63) is 17.7 Å². The summed E-state index contributed by atoms with van der Waals surface area (Å²) in [7, 11) is 1.70. The average Bonchev–Trinajstić information content (AvgIpc) is 2.97. The number of anilines is 2. The molecule has 1 fully saturated rings. The van der Waals surface area contributed by atoms with Crippen LogP contribution < -0.4 is 16.2 Å². The summed E-state index contributed by atoms with van der Waals surface area (Å²) in [5.74, 6) is 0.674. The van der Waals surface area contributed by atoms with Crippen LogP contribution in [0.2, 0.25) is 0 Å². The molecule has 4 nitrogen and oxygen atoms in total. The van der Waals surface area contributed by atoms with E-state index in [4.69, 9.17) is 16.2 Å². The van der Waals surface area contributed by atoms with Gasteiger partial charge in [0.2, 0.25) is 0 Å². The Bertz CT molecular complexity index is 397. The smallest absolute Gasteiger partial charge is 0.145 e. The van der Waals surface area contributed by atoms with E-state index in [0.29, 0.717) is 23.2 Å². The van der Waals surface area contributed by atoms with E-state index in [1.54, 1.807) is 25.4 Å². The van der Waals surface area contributed by atoms with Crippen LogP contribution in [0.25, 0.3) is 0 Å².